The van der Waals surface area contributed by atoms with Gasteiger partial charge in [0.2, 0.25) is 0 Å². The van der Waals surface area contributed by atoms with E-state index in [1.54, 1.807) is 0 Å². The first-order valence-corrected chi connectivity index (χ1v) is 8.81. The zero-order chi connectivity index (χ0) is 17.0. The number of hydrogen-bond donors (Lipinski definition) is 0. The minimum absolute atomic E-state index is 0.107. The Morgan fingerprint density at radius 3 is 1.74 bits per heavy atom. The van der Waals surface area contributed by atoms with E-state index in [9.17, 15) is 0 Å². The Kier molecular flexibility index (Phi) is 5.26. The van der Waals surface area contributed by atoms with Crippen molar-refractivity contribution in [2.45, 2.75) is 47.0 Å². The maximum Gasteiger partial charge on any atom is 0.0159 e. The van der Waals surface area contributed by atoms with Crippen LogP contribution in [0.1, 0.15) is 52.7 Å². The molecule has 3 aromatic rings. The fourth-order valence-corrected chi connectivity index (χ4v) is 3.39. The quantitative estimate of drug-likeness (QED) is 0.412. The first-order chi connectivity index (χ1) is 11.2. The van der Waals surface area contributed by atoms with E-state index in [0.29, 0.717) is 0 Å². The van der Waals surface area contributed by atoms with Gasteiger partial charge in [-0.1, -0.05) is 90.1 Å². The minimum atomic E-state index is 0.107. The van der Waals surface area contributed by atoms with Crippen LogP contribution in [0.3, 0.4) is 0 Å². The van der Waals surface area contributed by atoms with Crippen molar-refractivity contribution in [1.82, 2.24) is 0 Å². The standard InChI is InChI=1S/C19H16.2C2H6/c1-19(2)17-10-6-5-9-15(17)16-11-13-7-3-4-8-14(13)12-18(16)19;2*1-2/h3-12H,1-2H3;2*1-2H3. The molecule has 0 unspecified atom stereocenters. The maximum atomic E-state index is 2.37. The molecule has 0 radical (unpaired) electrons. The van der Waals surface area contributed by atoms with Gasteiger partial charge in [-0.3, -0.25) is 0 Å². The highest BCUT2D eigenvalue weighted by molar-refractivity contribution is 5.93. The lowest BCUT2D eigenvalue weighted by Crippen LogP contribution is -2.14. The molecule has 1 aliphatic carbocycles. The third-order valence-electron chi connectivity index (χ3n) is 4.45. The van der Waals surface area contributed by atoms with Gasteiger partial charge in [-0.15, -0.1) is 0 Å². The summed E-state index contributed by atoms with van der Waals surface area (Å²) in [4.78, 5) is 0. The lowest BCUT2D eigenvalue weighted by molar-refractivity contribution is 0.661. The van der Waals surface area contributed by atoms with Crippen LogP contribution < -0.4 is 0 Å². The molecule has 0 saturated heterocycles. The second-order valence-electron chi connectivity index (χ2n) is 5.92. The zero-order valence-electron chi connectivity index (χ0n) is 15.3. The summed E-state index contributed by atoms with van der Waals surface area (Å²) in [5, 5.41) is 2.66. The average Bonchev–Trinajstić information content (AvgIpc) is 2.85. The molecule has 0 fully saturated rings. The van der Waals surface area contributed by atoms with Crippen molar-refractivity contribution in [2.75, 3.05) is 0 Å². The molecule has 0 atom stereocenters. The van der Waals surface area contributed by atoms with Gasteiger partial charge in [0.1, 0.15) is 0 Å². The summed E-state index contributed by atoms with van der Waals surface area (Å²) in [6.45, 7) is 12.7. The molecule has 120 valence electrons. The second kappa shape index (κ2) is 7.00. The number of benzene rings is 3. The average molecular weight is 304 g/mol. The molecular formula is C23H28. The van der Waals surface area contributed by atoms with Gasteiger partial charge < -0.3 is 0 Å². The van der Waals surface area contributed by atoms with Crippen LogP contribution in [-0.4, -0.2) is 0 Å². The van der Waals surface area contributed by atoms with Crippen LogP contribution in [0.4, 0.5) is 0 Å². The van der Waals surface area contributed by atoms with Crippen LogP contribution in [0, 0.1) is 0 Å². The normalized spacial score (nSPS) is 13.1. The second-order valence-corrected chi connectivity index (χ2v) is 5.92. The van der Waals surface area contributed by atoms with E-state index in [-0.39, 0.29) is 5.41 Å². The van der Waals surface area contributed by atoms with Crippen LogP contribution in [0.5, 0.6) is 0 Å². The van der Waals surface area contributed by atoms with Gasteiger partial charge in [-0.05, 0) is 45.2 Å². The molecule has 0 nitrogen and oxygen atoms in total. The Morgan fingerprint density at radius 1 is 0.565 bits per heavy atom. The molecule has 0 bridgehead atoms. The lowest BCUT2D eigenvalue weighted by Gasteiger charge is -2.21. The highest BCUT2D eigenvalue weighted by atomic mass is 14.4. The molecule has 0 heterocycles. The van der Waals surface area contributed by atoms with E-state index in [1.165, 1.54) is 33.0 Å². The van der Waals surface area contributed by atoms with Gasteiger partial charge in [0, 0.05) is 5.41 Å². The predicted octanol–water partition coefficient (Wildman–Crippen LogP) is 7.20. The summed E-state index contributed by atoms with van der Waals surface area (Å²) >= 11 is 0. The zero-order valence-corrected chi connectivity index (χ0v) is 15.3. The Hall–Kier alpha value is -2.08. The summed E-state index contributed by atoms with van der Waals surface area (Å²) in [5.74, 6) is 0. The molecular weight excluding hydrogens is 276 g/mol. The number of fused-ring (bicyclic) bond motifs is 4. The third kappa shape index (κ3) is 2.79. The maximum absolute atomic E-state index is 2.37. The fourth-order valence-electron chi connectivity index (χ4n) is 3.39. The molecule has 0 spiro atoms. The number of rotatable bonds is 0. The van der Waals surface area contributed by atoms with Gasteiger partial charge in [-0.25, -0.2) is 0 Å². The van der Waals surface area contributed by atoms with Gasteiger partial charge in [-0.2, -0.15) is 0 Å². The van der Waals surface area contributed by atoms with Gasteiger partial charge in [0.15, 0.2) is 0 Å². The smallest absolute Gasteiger partial charge is 0.0159 e. The molecule has 4 rings (SSSR count). The van der Waals surface area contributed by atoms with E-state index < -0.39 is 0 Å². The van der Waals surface area contributed by atoms with E-state index >= 15 is 0 Å². The molecule has 0 N–H and O–H groups in total. The van der Waals surface area contributed by atoms with Crippen LogP contribution in [0.15, 0.2) is 60.7 Å². The molecule has 0 saturated carbocycles. The van der Waals surface area contributed by atoms with E-state index in [2.05, 4.69) is 74.5 Å². The molecule has 0 heteroatoms. The minimum Gasteiger partial charge on any atom is -0.0683 e. The highest BCUT2D eigenvalue weighted by Gasteiger charge is 2.35. The SMILES string of the molecule is CC.CC.CC1(C)c2ccccc2-c2cc3ccccc3cc21. The largest absolute Gasteiger partial charge is 0.0683 e. The Bertz CT molecular complexity index is 794. The van der Waals surface area contributed by atoms with Crippen molar-refractivity contribution in [3.05, 3.63) is 71.8 Å². The van der Waals surface area contributed by atoms with Crippen LogP contribution in [0.25, 0.3) is 21.9 Å². The Balaban J connectivity index is 0.000000448. The summed E-state index contributed by atoms with van der Waals surface area (Å²) < 4.78 is 0. The van der Waals surface area contributed by atoms with Crippen molar-refractivity contribution in [3.8, 4) is 11.1 Å². The van der Waals surface area contributed by atoms with Crippen LogP contribution in [-0.2, 0) is 5.41 Å². The summed E-state index contributed by atoms with van der Waals surface area (Å²) in [5.41, 5.74) is 5.80. The lowest BCUT2D eigenvalue weighted by atomic mass is 9.82. The monoisotopic (exact) mass is 304 g/mol. The predicted molar refractivity (Wildman–Crippen MR) is 104 cm³/mol. The molecule has 0 amide bonds. The van der Waals surface area contributed by atoms with Gasteiger partial charge >= 0.3 is 0 Å². The summed E-state index contributed by atoms with van der Waals surface area (Å²) in [6.07, 6.45) is 0. The third-order valence-corrected chi connectivity index (χ3v) is 4.45. The fraction of sp³-hybridized carbons (Fsp3) is 0.304. The van der Waals surface area contributed by atoms with Crippen molar-refractivity contribution >= 4 is 10.8 Å². The topological polar surface area (TPSA) is 0 Å². The first kappa shape index (κ1) is 17.3. The summed E-state index contributed by atoms with van der Waals surface area (Å²) in [7, 11) is 0. The van der Waals surface area contributed by atoms with Gasteiger partial charge in [0.25, 0.3) is 0 Å². The van der Waals surface area contributed by atoms with Crippen molar-refractivity contribution in [2.24, 2.45) is 0 Å². The number of hydrogen-bond acceptors (Lipinski definition) is 0. The Morgan fingerprint density at radius 2 is 1.09 bits per heavy atom. The van der Waals surface area contributed by atoms with Crippen molar-refractivity contribution < 1.29 is 0 Å². The van der Waals surface area contributed by atoms with Gasteiger partial charge in [0.05, 0.1) is 0 Å². The molecule has 23 heavy (non-hydrogen) atoms. The Labute approximate surface area is 141 Å². The highest BCUT2D eigenvalue weighted by Crippen LogP contribution is 2.49. The first-order valence-electron chi connectivity index (χ1n) is 8.81. The van der Waals surface area contributed by atoms with Crippen LogP contribution in [0.2, 0.25) is 0 Å². The molecule has 1 aliphatic rings. The summed E-state index contributed by atoms with van der Waals surface area (Å²) in [6, 6.07) is 22.1. The van der Waals surface area contributed by atoms with E-state index in [0.717, 1.165) is 0 Å². The van der Waals surface area contributed by atoms with Crippen LogP contribution >= 0.6 is 0 Å². The molecule has 0 aromatic heterocycles. The molecule has 0 aliphatic heterocycles. The molecule has 3 aromatic carbocycles. The van der Waals surface area contributed by atoms with E-state index in [4.69, 9.17) is 0 Å². The van der Waals surface area contributed by atoms with E-state index in [1.807, 2.05) is 27.7 Å². The van der Waals surface area contributed by atoms with Crippen molar-refractivity contribution in [3.63, 3.8) is 0 Å². The van der Waals surface area contributed by atoms with Crippen molar-refractivity contribution in [1.29, 1.82) is 0 Å².